The number of rotatable bonds is 5. The van der Waals surface area contributed by atoms with Gasteiger partial charge in [0.05, 0.1) is 0 Å². The minimum atomic E-state index is -1.25. The van der Waals surface area contributed by atoms with E-state index in [1.165, 1.54) is 6.33 Å². The molecule has 21 heavy (non-hydrogen) atoms. The molecule has 0 bridgehead atoms. The Hall–Kier alpha value is -2.43. The molecule has 0 radical (unpaired) electrons. The summed E-state index contributed by atoms with van der Waals surface area (Å²) in [6.45, 7) is 5.68. The molecule has 110 valence electrons. The number of aliphatic carboxylic acids is 1. The van der Waals surface area contributed by atoms with Crippen LogP contribution >= 0.6 is 0 Å². The van der Waals surface area contributed by atoms with E-state index < -0.39 is 11.5 Å². The van der Waals surface area contributed by atoms with Crippen molar-refractivity contribution in [2.75, 3.05) is 5.32 Å². The predicted molar refractivity (Wildman–Crippen MR) is 81.2 cm³/mol. The van der Waals surface area contributed by atoms with E-state index in [-0.39, 0.29) is 5.92 Å². The molecule has 2 N–H and O–H groups in total. The fraction of sp³-hybridized carbons (Fsp3) is 0.312. The van der Waals surface area contributed by atoms with Gasteiger partial charge in [-0.3, -0.25) is 0 Å². The van der Waals surface area contributed by atoms with E-state index >= 15 is 0 Å². The molecule has 0 saturated carbocycles. The van der Waals surface area contributed by atoms with Crippen molar-refractivity contribution in [3.8, 4) is 0 Å². The average molecular weight is 285 g/mol. The zero-order valence-corrected chi connectivity index (χ0v) is 12.4. The van der Waals surface area contributed by atoms with Crippen LogP contribution in [0, 0.1) is 0 Å². The standard InChI is InChI=1S/C16H19N3O2/c1-11(2)13-9-14(18-10-17-13)19-16(3,15(20)21)12-7-5-4-6-8-12/h4-11H,1-3H3,(H,20,21)(H,17,18,19). The molecule has 1 unspecified atom stereocenters. The van der Waals surface area contributed by atoms with Gasteiger partial charge < -0.3 is 10.4 Å². The molecule has 0 spiro atoms. The molecule has 0 aliphatic carbocycles. The highest BCUT2D eigenvalue weighted by Gasteiger charge is 2.35. The van der Waals surface area contributed by atoms with Gasteiger partial charge >= 0.3 is 5.97 Å². The number of anilines is 1. The van der Waals surface area contributed by atoms with Crippen LogP contribution in [0.4, 0.5) is 5.82 Å². The monoisotopic (exact) mass is 285 g/mol. The van der Waals surface area contributed by atoms with Gasteiger partial charge in [-0.1, -0.05) is 44.2 Å². The number of nitrogens with one attached hydrogen (secondary N) is 1. The van der Waals surface area contributed by atoms with Gasteiger partial charge in [-0.2, -0.15) is 0 Å². The molecule has 1 aromatic carbocycles. The first-order valence-corrected chi connectivity index (χ1v) is 6.82. The molecule has 1 heterocycles. The summed E-state index contributed by atoms with van der Waals surface area (Å²) in [6, 6.07) is 10.8. The van der Waals surface area contributed by atoms with Crippen molar-refractivity contribution in [1.82, 2.24) is 9.97 Å². The Morgan fingerprint density at radius 1 is 1.24 bits per heavy atom. The van der Waals surface area contributed by atoms with E-state index in [9.17, 15) is 9.90 Å². The summed E-state index contributed by atoms with van der Waals surface area (Å²) >= 11 is 0. The molecule has 1 atom stereocenters. The van der Waals surface area contributed by atoms with E-state index in [0.29, 0.717) is 11.4 Å². The van der Waals surface area contributed by atoms with Crippen LogP contribution in [0.2, 0.25) is 0 Å². The Labute approximate surface area is 124 Å². The van der Waals surface area contributed by atoms with Crippen molar-refractivity contribution >= 4 is 11.8 Å². The first kappa shape index (κ1) is 15.0. The smallest absolute Gasteiger partial charge is 0.333 e. The fourth-order valence-electron chi connectivity index (χ4n) is 2.03. The van der Waals surface area contributed by atoms with E-state index in [0.717, 1.165) is 5.69 Å². The first-order valence-electron chi connectivity index (χ1n) is 6.82. The highest BCUT2D eigenvalue weighted by Crippen LogP contribution is 2.26. The highest BCUT2D eigenvalue weighted by molar-refractivity contribution is 5.83. The van der Waals surface area contributed by atoms with E-state index in [1.54, 1.807) is 25.1 Å². The summed E-state index contributed by atoms with van der Waals surface area (Å²) in [7, 11) is 0. The predicted octanol–water partition coefficient (Wildman–Crippen LogP) is 3.01. The van der Waals surface area contributed by atoms with Gasteiger partial charge in [-0.15, -0.1) is 0 Å². The minimum Gasteiger partial charge on any atom is -0.479 e. The molecule has 0 amide bonds. The lowest BCUT2D eigenvalue weighted by atomic mass is 9.92. The Kier molecular flexibility index (Phi) is 4.21. The largest absolute Gasteiger partial charge is 0.479 e. The van der Waals surface area contributed by atoms with Crippen molar-refractivity contribution in [1.29, 1.82) is 0 Å². The molecule has 5 heteroatoms. The first-order chi connectivity index (χ1) is 9.93. The van der Waals surface area contributed by atoms with Gasteiger partial charge in [0.25, 0.3) is 0 Å². The van der Waals surface area contributed by atoms with Gasteiger partial charge in [-0.05, 0) is 18.4 Å². The molecular weight excluding hydrogens is 266 g/mol. The molecule has 1 aromatic heterocycles. The summed E-state index contributed by atoms with van der Waals surface area (Å²) in [6.07, 6.45) is 1.45. The Balaban J connectivity index is 2.37. The molecule has 0 aliphatic heterocycles. The lowest BCUT2D eigenvalue weighted by Crippen LogP contribution is -2.40. The van der Waals surface area contributed by atoms with Crippen LogP contribution < -0.4 is 5.32 Å². The van der Waals surface area contributed by atoms with E-state index in [2.05, 4.69) is 15.3 Å². The third-order valence-electron chi connectivity index (χ3n) is 3.44. The molecule has 0 aliphatic rings. The number of benzene rings is 1. The number of carboxylic acids is 1. The van der Waals surface area contributed by atoms with Crippen LogP contribution in [0.3, 0.4) is 0 Å². The Morgan fingerprint density at radius 3 is 2.48 bits per heavy atom. The van der Waals surface area contributed by atoms with Gasteiger partial charge in [0, 0.05) is 11.8 Å². The van der Waals surface area contributed by atoms with Crippen molar-refractivity contribution < 1.29 is 9.90 Å². The van der Waals surface area contributed by atoms with Crippen LogP contribution in [-0.4, -0.2) is 21.0 Å². The molecule has 0 fully saturated rings. The van der Waals surface area contributed by atoms with Gasteiger partial charge in [0.15, 0.2) is 5.54 Å². The zero-order valence-electron chi connectivity index (χ0n) is 12.4. The molecule has 2 aromatic rings. The van der Waals surface area contributed by atoms with Crippen LogP contribution in [0.1, 0.15) is 37.9 Å². The molecular formula is C16H19N3O2. The van der Waals surface area contributed by atoms with Gasteiger partial charge in [-0.25, -0.2) is 14.8 Å². The van der Waals surface area contributed by atoms with Gasteiger partial charge in [0.1, 0.15) is 12.1 Å². The summed E-state index contributed by atoms with van der Waals surface area (Å²) in [5.74, 6) is -0.206. The number of carboxylic acid groups (broad SMARTS) is 1. The van der Waals surface area contributed by atoms with Crippen LogP contribution in [0.5, 0.6) is 0 Å². The van der Waals surface area contributed by atoms with Gasteiger partial charge in [0.2, 0.25) is 0 Å². The lowest BCUT2D eigenvalue weighted by molar-refractivity contribution is -0.142. The second kappa shape index (κ2) is 5.91. The third kappa shape index (κ3) is 3.18. The maximum absolute atomic E-state index is 11.7. The quantitative estimate of drug-likeness (QED) is 0.883. The molecule has 0 saturated heterocycles. The van der Waals surface area contributed by atoms with Crippen molar-refractivity contribution in [3.05, 3.63) is 54.0 Å². The normalized spacial score (nSPS) is 13.7. The summed E-state index contributed by atoms with van der Waals surface area (Å²) in [4.78, 5) is 20.1. The summed E-state index contributed by atoms with van der Waals surface area (Å²) in [5.41, 5.74) is 0.291. The van der Waals surface area contributed by atoms with Crippen molar-refractivity contribution in [2.45, 2.75) is 32.2 Å². The fourth-order valence-corrected chi connectivity index (χ4v) is 2.03. The lowest BCUT2D eigenvalue weighted by Gasteiger charge is -2.27. The number of nitrogens with zero attached hydrogens (tertiary/aromatic N) is 2. The highest BCUT2D eigenvalue weighted by atomic mass is 16.4. The van der Waals surface area contributed by atoms with Crippen LogP contribution in [-0.2, 0) is 10.3 Å². The maximum atomic E-state index is 11.7. The average Bonchev–Trinajstić information content (AvgIpc) is 2.48. The van der Waals surface area contributed by atoms with E-state index in [1.807, 2.05) is 32.0 Å². The summed E-state index contributed by atoms with van der Waals surface area (Å²) < 4.78 is 0. The number of aromatic nitrogens is 2. The minimum absolute atomic E-state index is 0.251. The van der Waals surface area contributed by atoms with Crippen LogP contribution in [0.25, 0.3) is 0 Å². The molecule has 5 nitrogen and oxygen atoms in total. The van der Waals surface area contributed by atoms with Crippen LogP contribution in [0.15, 0.2) is 42.7 Å². The molecule has 2 rings (SSSR count). The van der Waals surface area contributed by atoms with Crippen molar-refractivity contribution in [2.24, 2.45) is 0 Å². The maximum Gasteiger partial charge on any atom is 0.333 e. The summed E-state index contributed by atoms with van der Waals surface area (Å²) in [5, 5.41) is 12.6. The Morgan fingerprint density at radius 2 is 1.90 bits per heavy atom. The zero-order chi connectivity index (χ0) is 15.5. The van der Waals surface area contributed by atoms with Crippen molar-refractivity contribution in [3.63, 3.8) is 0 Å². The van der Waals surface area contributed by atoms with E-state index in [4.69, 9.17) is 0 Å². The second-order valence-corrected chi connectivity index (χ2v) is 5.40. The number of hydrogen-bond donors (Lipinski definition) is 2. The topological polar surface area (TPSA) is 75.1 Å². The second-order valence-electron chi connectivity index (χ2n) is 5.40. The number of hydrogen-bond acceptors (Lipinski definition) is 4. The number of carbonyl (C=O) groups is 1. The SMILES string of the molecule is CC(C)c1cc(NC(C)(C(=O)O)c2ccccc2)ncn1. The third-order valence-corrected chi connectivity index (χ3v) is 3.44. The Bertz CT molecular complexity index is 628.